The normalized spacial score (nSPS) is 10.5. The third-order valence-electron chi connectivity index (χ3n) is 2.64. The second-order valence-electron chi connectivity index (χ2n) is 4.15. The van der Waals surface area contributed by atoms with Gasteiger partial charge in [0.2, 0.25) is 0 Å². The number of hydrogen-bond acceptors (Lipinski definition) is 4. The first-order chi connectivity index (χ1) is 9.26. The number of pyridine rings is 1. The van der Waals surface area contributed by atoms with Gasteiger partial charge in [-0.25, -0.2) is 9.97 Å². The Hall–Kier alpha value is -1.24. The molecule has 0 saturated heterocycles. The van der Waals surface area contributed by atoms with Crippen molar-refractivity contribution in [2.75, 3.05) is 11.9 Å². The van der Waals surface area contributed by atoms with E-state index >= 15 is 0 Å². The number of aryl methyl sites for hydroxylation is 1. The summed E-state index contributed by atoms with van der Waals surface area (Å²) >= 11 is 2.32. The average molecular weight is 368 g/mol. The van der Waals surface area contributed by atoms with Crippen molar-refractivity contribution in [1.82, 2.24) is 15.0 Å². The van der Waals surface area contributed by atoms with Crippen LogP contribution in [0.3, 0.4) is 0 Å². The summed E-state index contributed by atoms with van der Waals surface area (Å²) in [7, 11) is 0. The SMILES string of the molecule is CCCc1nc(-c2ccccn2)nc(NCC)c1I. The van der Waals surface area contributed by atoms with Gasteiger partial charge in [0.1, 0.15) is 11.5 Å². The fraction of sp³-hybridized carbons (Fsp3) is 0.357. The van der Waals surface area contributed by atoms with Crippen molar-refractivity contribution in [2.45, 2.75) is 26.7 Å². The molecule has 0 atom stereocenters. The van der Waals surface area contributed by atoms with Gasteiger partial charge in [-0.2, -0.15) is 0 Å². The quantitative estimate of drug-likeness (QED) is 0.821. The molecule has 100 valence electrons. The number of nitrogens with zero attached hydrogens (tertiary/aromatic N) is 3. The van der Waals surface area contributed by atoms with Crippen molar-refractivity contribution >= 4 is 28.4 Å². The molecule has 1 N–H and O–H groups in total. The maximum atomic E-state index is 4.65. The van der Waals surface area contributed by atoms with Gasteiger partial charge < -0.3 is 5.32 Å². The van der Waals surface area contributed by atoms with E-state index in [9.17, 15) is 0 Å². The van der Waals surface area contributed by atoms with Gasteiger partial charge in [-0.1, -0.05) is 19.4 Å². The van der Waals surface area contributed by atoms with Gasteiger partial charge in [0.25, 0.3) is 0 Å². The summed E-state index contributed by atoms with van der Waals surface area (Å²) in [5.41, 5.74) is 1.91. The van der Waals surface area contributed by atoms with E-state index in [1.807, 2.05) is 18.2 Å². The molecule has 2 rings (SSSR count). The Morgan fingerprint density at radius 2 is 2.05 bits per heavy atom. The van der Waals surface area contributed by atoms with Crippen LogP contribution < -0.4 is 5.32 Å². The van der Waals surface area contributed by atoms with Crippen molar-refractivity contribution in [3.8, 4) is 11.5 Å². The minimum absolute atomic E-state index is 0.695. The molecule has 19 heavy (non-hydrogen) atoms. The fourth-order valence-corrected chi connectivity index (χ4v) is 2.49. The molecular weight excluding hydrogens is 351 g/mol. The van der Waals surface area contributed by atoms with E-state index in [1.54, 1.807) is 6.20 Å². The van der Waals surface area contributed by atoms with Crippen molar-refractivity contribution in [2.24, 2.45) is 0 Å². The van der Waals surface area contributed by atoms with Crippen molar-refractivity contribution in [3.05, 3.63) is 33.7 Å². The molecule has 0 fully saturated rings. The van der Waals surface area contributed by atoms with Crippen molar-refractivity contribution < 1.29 is 0 Å². The summed E-state index contributed by atoms with van der Waals surface area (Å²) in [5.74, 6) is 1.60. The van der Waals surface area contributed by atoms with Gasteiger partial charge in [0.15, 0.2) is 5.82 Å². The lowest BCUT2D eigenvalue weighted by molar-refractivity contribution is 0.865. The Balaban J connectivity index is 2.49. The highest BCUT2D eigenvalue weighted by atomic mass is 127. The summed E-state index contributed by atoms with van der Waals surface area (Å²) in [5, 5.41) is 3.30. The number of anilines is 1. The van der Waals surface area contributed by atoms with Crippen LogP contribution in [0.5, 0.6) is 0 Å². The summed E-state index contributed by atoms with van der Waals surface area (Å²) < 4.78 is 1.11. The lowest BCUT2D eigenvalue weighted by atomic mass is 10.2. The first-order valence-corrected chi connectivity index (χ1v) is 7.55. The monoisotopic (exact) mass is 368 g/mol. The summed E-state index contributed by atoms with van der Waals surface area (Å²) in [4.78, 5) is 13.6. The summed E-state index contributed by atoms with van der Waals surface area (Å²) in [6, 6.07) is 5.79. The van der Waals surface area contributed by atoms with Crippen LogP contribution in [0, 0.1) is 3.57 Å². The summed E-state index contributed by atoms with van der Waals surface area (Å²) in [6.07, 6.45) is 3.79. The highest BCUT2D eigenvalue weighted by molar-refractivity contribution is 14.1. The molecule has 0 spiro atoms. The minimum atomic E-state index is 0.695. The number of rotatable bonds is 5. The molecular formula is C14H17IN4. The zero-order valence-electron chi connectivity index (χ0n) is 11.2. The lowest BCUT2D eigenvalue weighted by Gasteiger charge is -2.11. The van der Waals surface area contributed by atoms with E-state index in [2.05, 4.69) is 56.7 Å². The molecule has 0 aliphatic rings. The molecule has 0 radical (unpaired) electrons. The maximum Gasteiger partial charge on any atom is 0.180 e. The Morgan fingerprint density at radius 1 is 1.21 bits per heavy atom. The van der Waals surface area contributed by atoms with Gasteiger partial charge in [-0.15, -0.1) is 0 Å². The highest BCUT2D eigenvalue weighted by Gasteiger charge is 2.12. The molecule has 2 aromatic heterocycles. The second kappa shape index (κ2) is 6.79. The molecule has 0 saturated carbocycles. The molecule has 4 nitrogen and oxygen atoms in total. The first kappa shape index (κ1) is 14.2. The number of aromatic nitrogens is 3. The predicted octanol–water partition coefficient (Wildman–Crippen LogP) is 3.53. The average Bonchev–Trinajstić information content (AvgIpc) is 2.44. The molecule has 0 amide bonds. The predicted molar refractivity (Wildman–Crippen MR) is 86.1 cm³/mol. The largest absolute Gasteiger partial charge is 0.369 e. The van der Waals surface area contributed by atoms with Crippen molar-refractivity contribution in [1.29, 1.82) is 0 Å². The van der Waals surface area contributed by atoms with E-state index in [1.165, 1.54) is 0 Å². The molecule has 0 aliphatic heterocycles. The van der Waals surface area contributed by atoms with Crippen molar-refractivity contribution in [3.63, 3.8) is 0 Å². The van der Waals surface area contributed by atoms with Gasteiger partial charge in [-0.05, 0) is 48.1 Å². The maximum absolute atomic E-state index is 4.65. The highest BCUT2D eigenvalue weighted by Crippen LogP contribution is 2.23. The molecule has 2 heterocycles. The van der Waals surface area contributed by atoms with Crippen LogP contribution in [0.25, 0.3) is 11.5 Å². The number of hydrogen-bond donors (Lipinski definition) is 1. The van der Waals surface area contributed by atoms with Gasteiger partial charge in [0.05, 0.1) is 9.26 Å². The molecule has 5 heteroatoms. The van der Waals surface area contributed by atoms with E-state index < -0.39 is 0 Å². The number of nitrogens with one attached hydrogen (secondary N) is 1. The Bertz CT molecular complexity index is 515. The van der Waals surface area contributed by atoms with E-state index in [-0.39, 0.29) is 0 Å². The molecule has 0 bridgehead atoms. The van der Waals surface area contributed by atoms with E-state index in [0.717, 1.165) is 40.2 Å². The Morgan fingerprint density at radius 3 is 2.68 bits per heavy atom. The topological polar surface area (TPSA) is 50.7 Å². The zero-order chi connectivity index (χ0) is 13.7. The zero-order valence-corrected chi connectivity index (χ0v) is 13.3. The van der Waals surface area contributed by atoms with Gasteiger partial charge in [0, 0.05) is 12.7 Å². The molecule has 2 aromatic rings. The van der Waals surface area contributed by atoms with Crippen LogP contribution in [0.4, 0.5) is 5.82 Å². The summed E-state index contributed by atoms with van der Waals surface area (Å²) in [6.45, 7) is 5.07. The lowest BCUT2D eigenvalue weighted by Crippen LogP contribution is -2.08. The standard InChI is InChI=1S/C14H17IN4/c1-3-7-10-12(15)14(16-4-2)19-13(18-10)11-8-5-6-9-17-11/h5-6,8-9H,3-4,7H2,1-2H3,(H,16,18,19). The molecule has 0 aliphatic carbocycles. The fourth-order valence-electron chi connectivity index (χ4n) is 1.79. The Kier molecular flexibility index (Phi) is 5.07. The van der Waals surface area contributed by atoms with Crippen LogP contribution in [0.1, 0.15) is 26.0 Å². The smallest absolute Gasteiger partial charge is 0.180 e. The second-order valence-corrected chi connectivity index (χ2v) is 5.23. The third-order valence-corrected chi connectivity index (χ3v) is 3.78. The van der Waals surface area contributed by atoms with E-state index in [0.29, 0.717) is 5.82 Å². The molecule has 0 aromatic carbocycles. The van der Waals surface area contributed by atoms with Crippen LogP contribution >= 0.6 is 22.6 Å². The number of halogens is 1. The Labute approximate surface area is 127 Å². The van der Waals surface area contributed by atoms with Crippen LogP contribution in [0.15, 0.2) is 24.4 Å². The van der Waals surface area contributed by atoms with E-state index in [4.69, 9.17) is 0 Å². The molecule has 0 unspecified atom stereocenters. The van der Waals surface area contributed by atoms with Gasteiger partial charge in [-0.3, -0.25) is 4.98 Å². The van der Waals surface area contributed by atoms with Gasteiger partial charge >= 0.3 is 0 Å². The van der Waals surface area contributed by atoms with Crippen LogP contribution in [0.2, 0.25) is 0 Å². The third kappa shape index (κ3) is 3.40. The van der Waals surface area contributed by atoms with Crippen LogP contribution in [-0.4, -0.2) is 21.5 Å². The van der Waals surface area contributed by atoms with Crippen LogP contribution in [-0.2, 0) is 6.42 Å². The first-order valence-electron chi connectivity index (χ1n) is 6.48. The minimum Gasteiger partial charge on any atom is -0.369 e.